The van der Waals surface area contributed by atoms with E-state index in [4.69, 9.17) is 14.2 Å². The zero-order valence-corrected chi connectivity index (χ0v) is 17.7. The molecule has 1 aromatic carbocycles. The maximum absolute atomic E-state index is 12.6. The molecule has 158 valence electrons. The second kappa shape index (κ2) is 7.53. The highest BCUT2D eigenvalue weighted by molar-refractivity contribution is 5.87. The zero-order chi connectivity index (χ0) is 20.8. The molecule has 5 heteroatoms. The summed E-state index contributed by atoms with van der Waals surface area (Å²) in [6, 6.07) is 9.65. The predicted molar refractivity (Wildman–Crippen MR) is 110 cm³/mol. The van der Waals surface area contributed by atoms with Gasteiger partial charge in [-0.3, -0.25) is 0 Å². The van der Waals surface area contributed by atoms with Crippen molar-refractivity contribution in [2.45, 2.75) is 82.6 Å². The molecule has 0 bridgehead atoms. The third kappa shape index (κ3) is 4.27. The first-order valence-electron chi connectivity index (χ1n) is 10.7. The third-order valence-electron chi connectivity index (χ3n) is 6.87. The molecule has 1 saturated carbocycles. The Morgan fingerprint density at radius 2 is 1.93 bits per heavy atom. The van der Waals surface area contributed by atoms with Crippen molar-refractivity contribution in [3.8, 4) is 0 Å². The molecule has 7 unspecified atom stereocenters. The van der Waals surface area contributed by atoms with Crippen LogP contribution < -0.4 is 0 Å². The average Bonchev–Trinajstić information content (AvgIpc) is 3.53. The van der Waals surface area contributed by atoms with Crippen LogP contribution in [0.25, 0.3) is 6.08 Å². The number of ether oxygens (including phenoxy) is 3. The summed E-state index contributed by atoms with van der Waals surface area (Å²) < 4.78 is 17.9. The molecule has 5 nitrogen and oxygen atoms in total. The fourth-order valence-electron chi connectivity index (χ4n) is 4.96. The summed E-state index contributed by atoms with van der Waals surface area (Å²) in [4.78, 5) is 12.6. The number of aliphatic hydroxyl groups is 1. The lowest BCUT2D eigenvalue weighted by Crippen LogP contribution is -2.45. The zero-order valence-electron chi connectivity index (χ0n) is 17.7. The lowest BCUT2D eigenvalue weighted by molar-refractivity contribution is -0.152. The van der Waals surface area contributed by atoms with Gasteiger partial charge in [-0.25, -0.2) is 4.79 Å². The van der Waals surface area contributed by atoms with E-state index in [0.717, 1.165) is 18.4 Å². The van der Waals surface area contributed by atoms with Gasteiger partial charge in [0, 0.05) is 18.4 Å². The molecule has 1 aromatic rings. The van der Waals surface area contributed by atoms with Crippen LogP contribution in [0.1, 0.15) is 52.5 Å². The number of hydrogen-bond donors (Lipinski definition) is 1. The molecule has 3 aliphatic rings. The highest BCUT2D eigenvalue weighted by Gasteiger charge is 2.63. The Bertz CT molecular complexity index is 775. The van der Waals surface area contributed by atoms with E-state index < -0.39 is 18.2 Å². The highest BCUT2D eigenvalue weighted by atomic mass is 16.6. The number of carbonyl (C=O) groups excluding carboxylic acids is 1. The second-order valence-electron chi connectivity index (χ2n) is 9.54. The number of aliphatic hydroxyl groups excluding tert-OH is 1. The van der Waals surface area contributed by atoms with Gasteiger partial charge in [0.05, 0.1) is 23.4 Å². The minimum Gasteiger partial charge on any atom is -0.459 e. The van der Waals surface area contributed by atoms with Gasteiger partial charge in [0.15, 0.2) is 0 Å². The Morgan fingerprint density at radius 1 is 1.21 bits per heavy atom. The number of benzene rings is 1. The van der Waals surface area contributed by atoms with E-state index in [9.17, 15) is 9.90 Å². The molecule has 3 fully saturated rings. The largest absolute Gasteiger partial charge is 0.459 e. The molecule has 2 heterocycles. The number of epoxide rings is 2. The molecule has 0 spiro atoms. The molecule has 4 rings (SSSR count). The number of hydrogen-bond acceptors (Lipinski definition) is 5. The maximum Gasteiger partial charge on any atom is 0.331 e. The van der Waals surface area contributed by atoms with Gasteiger partial charge < -0.3 is 19.3 Å². The summed E-state index contributed by atoms with van der Waals surface area (Å²) in [6.07, 6.45) is 4.43. The average molecular weight is 401 g/mol. The van der Waals surface area contributed by atoms with Crippen LogP contribution in [0.4, 0.5) is 0 Å². The molecular weight excluding hydrogens is 368 g/mol. The van der Waals surface area contributed by atoms with Gasteiger partial charge in [-0.05, 0) is 44.2 Å². The Hall–Kier alpha value is -1.69. The number of esters is 1. The van der Waals surface area contributed by atoms with Crippen LogP contribution in [0.5, 0.6) is 0 Å². The van der Waals surface area contributed by atoms with Crippen molar-refractivity contribution < 1.29 is 24.1 Å². The Morgan fingerprint density at radius 3 is 2.62 bits per heavy atom. The van der Waals surface area contributed by atoms with E-state index in [2.05, 4.69) is 27.7 Å². The molecule has 2 aliphatic heterocycles. The van der Waals surface area contributed by atoms with Crippen LogP contribution in [-0.2, 0) is 19.0 Å². The van der Waals surface area contributed by atoms with Crippen molar-refractivity contribution >= 4 is 12.0 Å². The summed E-state index contributed by atoms with van der Waals surface area (Å²) >= 11 is 0. The van der Waals surface area contributed by atoms with Crippen molar-refractivity contribution in [1.82, 2.24) is 0 Å². The standard InChI is InChI=1S/C24H32O5/c1-15(2)20-17(27-19(25)11-10-16-8-6-5-7-9-16)14-24(4)18(28-24)12-13-23(3)22(29-23)21(20)26/h5-11,15,17-18,20-22,26H,12-14H2,1-4H3. The quantitative estimate of drug-likeness (QED) is 0.474. The summed E-state index contributed by atoms with van der Waals surface area (Å²) in [5, 5.41) is 11.1. The van der Waals surface area contributed by atoms with Crippen molar-refractivity contribution in [3.63, 3.8) is 0 Å². The van der Waals surface area contributed by atoms with Crippen molar-refractivity contribution in [1.29, 1.82) is 0 Å². The van der Waals surface area contributed by atoms with E-state index in [1.54, 1.807) is 6.08 Å². The van der Waals surface area contributed by atoms with E-state index in [1.807, 2.05) is 30.3 Å². The number of carbonyl (C=O) groups is 1. The Labute approximate surface area is 173 Å². The fraction of sp³-hybridized carbons (Fsp3) is 0.625. The van der Waals surface area contributed by atoms with Crippen LogP contribution in [0, 0.1) is 11.8 Å². The molecule has 7 atom stereocenters. The summed E-state index contributed by atoms with van der Waals surface area (Å²) in [7, 11) is 0. The predicted octanol–water partition coefficient (Wildman–Crippen LogP) is 3.74. The smallest absolute Gasteiger partial charge is 0.331 e. The second-order valence-corrected chi connectivity index (χ2v) is 9.54. The first-order chi connectivity index (χ1) is 13.7. The van der Waals surface area contributed by atoms with Crippen molar-refractivity contribution in [2.24, 2.45) is 11.8 Å². The molecule has 0 aromatic heterocycles. The minimum absolute atomic E-state index is 0.134. The van der Waals surface area contributed by atoms with Gasteiger partial charge in [-0.2, -0.15) is 0 Å². The van der Waals surface area contributed by atoms with Gasteiger partial charge in [-0.15, -0.1) is 0 Å². The van der Waals surface area contributed by atoms with Crippen LogP contribution in [-0.4, -0.2) is 46.7 Å². The van der Waals surface area contributed by atoms with Gasteiger partial charge in [0.1, 0.15) is 12.2 Å². The van der Waals surface area contributed by atoms with E-state index >= 15 is 0 Å². The third-order valence-corrected chi connectivity index (χ3v) is 6.87. The summed E-state index contributed by atoms with van der Waals surface area (Å²) in [5.41, 5.74) is 0.327. The van der Waals surface area contributed by atoms with Crippen LogP contribution >= 0.6 is 0 Å². The molecule has 0 radical (unpaired) electrons. The minimum atomic E-state index is -0.671. The van der Waals surface area contributed by atoms with Gasteiger partial charge in [-0.1, -0.05) is 44.2 Å². The fourth-order valence-corrected chi connectivity index (χ4v) is 4.96. The molecule has 0 amide bonds. The summed E-state index contributed by atoms with van der Waals surface area (Å²) in [5.74, 6) is -0.473. The van der Waals surface area contributed by atoms with Crippen LogP contribution in [0.3, 0.4) is 0 Å². The topological polar surface area (TPSA) is 71.6 Å². The van der Waals surface area contributed by atoms with Crippen LogP contribution in [0.2, 0.25) is 0 Å². The van der Waals surface area contributed by atoms with E-state index in [0.29, 0.717) is 6.42 Å². The molecular formula is C24H32O5. The van der Waals surface area contributed by atoms with Crippen LogP contribution in [0.15, 0.2) is 36.4 Å². The molecule has 2 saturated heterocycles. The Balaban J connectivity index is 1.54. The monoisotopic (exact) mass is 400 g/mol. The molecule has 1 N–H and O–H groups in total. The Kier molecular flexibility index (Phi) is 5.34. The normalized spacial score (nSPS) is 41.5. The number of rotatable bonds is 4. The van der Waals surface area contributed by atoms with E-state index in [1.165, 1.54) is 6.08 Å². The van der Waals surface area contributed by atoms with Gasteiger partial charge in [0.2, 0.25) is 0 Å². The molecule has 29 heavy (non-hydrogen) atoms. The number of fused-ring (bicyclic) bond motifs is 2. The lowest BCUT2D eigenvalue weighted by Gasteiger charge is -2.34. The van der Waals surface area contributed by atoms with Gasteiger partial charge >= 0.3 is 5.97 Å². The SMILES string of the molecule is CC(C)C1C(OC(=O)C=Cc2ccccc2)CC2(C)OC2CCC2(C)OC2C1O. The maximum atomic E-state index is 12.6. The lowest BCUT2D eigenvalue weighted by atomic mass is 9.76. The van der Waals surface area contributed by atoms with Crippen molar-refractivity contribution in [3.05, 3.63) is 42.0 Å². The molecule has 1 aliphatic carbocycles. The first-order valence-corrected chi connectivity index (χ1v) is 10.7. The summed E-state index contributed by atoms with van der Waals surface area (Å²) in [6.45, 7) is 8.27. The van der Waals surface area contributed by atoms with Gasteiger partial charge in [0.25, 0.3) is 0 Å². The highest BCUT2D eigenvalue weighted by Crippen LogP contribution is 2.52. The first kappa shape index (κ1) is 20.6. The van der Waals surface area contributed by atoms with E-state index in [-0.39, 0.29) is 35.2 Å². The van der Waals surface area contributed by atoms with Crippen molar-refractivity contribution in [2.75, 3.05) is 0 Å².